The molecule has 1 rings (SSSR count). The Hall–Kier alpha value is -1.22. The standard InChI is InChI=1S/C11H14ClNO2/c1-4-13-11(14)8-6-9(12)10(15-3)5-7(8)2/h5-6H,4H2,1-3H3,(H,13,14). The van der Waals surface area contributed by atoms with Crippen LogP contribution in [0.25, 0.3) is 0 Å². The Morgan fingerprint density at radius 2 is 2.20 bits per heavy atom. The molecule has 0 aliphatic carbocycles. The van der Waals surface area contributed by atoms with Crippen molar-refractivity contribution < 1.29 is 9.53 Å². The van der Waals surface area contributed by atoms with Gasteiger partial charge in [0.2, 0.25) is 0 Å². The number of amides is 1. The van der Waals surface area contributed by atoms with Crippen molar-refractivity contribution in [2.45, 2.75) is 13.8 Å². The smallest absolute Gasteiger partial charge is 0.251 e. The van der Waals surface area contributed by atoms with Gasteiger partial charge in [-0.15, -0.1) is 0 Å². The fraction of sp³-hybridized carbons (Fsp3) is 0.364. The van der Waals surface area contributed by atoms with Gasteiger partial charge in [0.15, 0.2) is 0 Å². The number of nitrogens with one attached hydrogen (secondary N) is 1. The molecule has 0 aliphatic rings. The van der Waals surface area contributed by atoms with Crippen molar-refractivity contribution in [3.63, 3.8) is 0 Å². The van der Waals surface area contributed by atoms with Crippen molar-refractivity contribution in [1.29, 1.82) is 0 Å². The molecule has 0 saturated heterocycles. The van der Waals surface area contributed by atoms with Crippen LogP contribution in [0, 0.1) is 6.92 Å². The first-order chi connectivity index (χ1) is 7.10. The number of hydrogen-bond donors (Lipinski definition) is 1. The minimum atomic E-state index is -0.112. The Bertz CT molecular complexity index is 377. The highest BCUT2D eigenvalue weighted by molar-refractivity contribution is 6.32. The van der Waals surface area contributed by atoms with Crippen LogP contribution in [0.5, 0.6) is 5.75 Å². The van der Waals surface area contributed by atoms with Crippen LogP contribution in [0.3, 0.4) is 0 Å². The molecule has 1 N–H and O–H groups in total. The third-order valence-electron chi connectivity index (χ3n) is 2.08. The molecule has 1 amide bonds. The molecule has 0 bridgehead atoms. The third kappa shape index (κ3) is 2.63. The minimum Gasteiger partial charge on any atom is -0.495 e. The van der Waals surface area contributed by atoms with Gasteiger partial charge in [-0.3, -0.25) is 4.79 Å². The maximum Gasteiger partial charge on any atom is 0.251 e. The summed E-state index contributed by atoms with van der Waals surface area (Å²) >= 11 is 5.94. The average Bonchev–Trinajstić information content (AvgIpc) is 2.21. The quantitative estimate of drug-likeness (QED) is 0.861. The van der Waals surface area contributed by atoms with Crippen molar-refractivity contribution in [2.24, 2.45) is 0 Å². The van der Waals surface area contributed by atoms with Crippen LogP contribution in [-0.2, 0) is 0 Å². The second kappa shape index (κ2) is 5.03. The molecule has 82 valence electrons. The lowest BCUT2D eigenvalue weighted by molar-refractivity contribution is 0.0955. The van der Waals surface area contributed by atoms with E-state index in [1.807, 2.05) is 13.8 Å². The highest BCUT2D eigenvalue weighted by Gasteiger charge is 2.11. The molecule has 0 saturated carbocycles. The Labute approximate surface area is 94.4 Å². The molecule has 0 aliphatic heterocycles. The van der Waals surface area contributed by atoms with Crippen LogP contribution in [0.4, 0.5) is 0 Å². The maximum atomic E-state index is 11.6. The Kier molecular flexibility index (Phi) is 3.97. The van der Waals surface area contributed by atoms with Crippen molar-refractivity contribution in [2.75, 3.05) is 13.7 Å². The van der Waals surface area contributed by atoms with Gasteiger partial charge < -0.3 is 10.1 Å². The number of methoxy groups -OCH3 is 1. The van der Waals surface area contributed by atoms with Gasteiger partial charge in [-0.1, -0.05) is 11.6 Å². The normalized spacial score (nSPS) is 9.87. The molecule has 0 spiro atoms. The van der Waals surface area contributed by atoms with E-state index in [-0.39, 0.29) is 5.91 Å². The van der Waals surface area contributed by atoms with Crippen molar-refractivity contribution in [3.8, 4) is 5.75 Å². The van der Waals surface area contributed by atoms with E-state index in [0.29, 0.717) is 22.9 Å². The summed E-state index contributed by atoms with van der Waals surface area (Å²) in [4.78, 5) is 11.6. The summed E-state index contributed by atoms with van der Waals surface area (Å²) in [6.45, 7) is 4.32. The summed E-state index contributed by atoms with van der Waals surface area (Å²) in [5.74, 6) is 0.474. The van der Waals surface area contributed by atoms with E-state index < -0.39 is 0 Å². The largest absolute Gasteiger partial charge is 0.495 e. The van der Waals surface area contributed by atoms with E-state index in [1.54, 1.807) is 19.2 Å². The number of hydrogen-bond acceptors (Lipinski definition) is 2. The lowest BCUT2D eigenvalue weighted by Gasteiger charge is -2.09. The molecule has 15 heavy (non-hydrogen) atoms. The Balaban J connectivity index is 3.10. The molecule has 0 fully saturated rings. The number of aryl methyl sites for hydroxylation is 1. The molecule has 1 aromatic carbocycles. The SMILES string of the molecule is CCNC(=O)c1cc(Cl)c(OC)cc1C. The minimum absolute atomic E-state index is 0.112. The van der Waals surface area contributed by atoms with Gasteiger partial charge in [0, 0.05) is 12.1 Å². The van der Waals surface area contributed by atoms with Crippen molar-refractivity contribution in [3.05, 3.63) is 28.3 Å². The molecule has 0 unspecified atom stereocenters. The molecule has 4 heteroatoms. The Morgan fingerprint density at radius 1 is 1.53 bits per heavy atom. The number of ether oxygens (including phenoxy) is 1. The van der Waals surface area contributed by atoms with Crippen LogP contribution < -0.4 is 10.1 Å². The van der Waals surface area contributed by atoms with E-state index in [0.717, 1.165) is 5.56 Å². The number of carbonyl (C=O) groups excluding carboxylic acids is 1. The lowest BCUT2D eigenvalue weighted by atomic mass is 10.1. The Morgan fingerprint density at radius 3 is 2.73 bits per heavy atom. The fourth-order valence-electron chi connectivity index (χ4n) is 1.31. The fourth-order valence-corrected chi connectivity index (χ4v) is 1.55. The van der Waals surface area contributed by atoms with Crippen molar-refractivity contribution in [1.82, 2.24) is 5.32 Å². The van der Waals surface area contributed by atoms with E-state index in [2.05, 4.69) is 5.32 Å². The number of rotatable bonds is 3. The molecule has 0 heterocycles. The van der Waals surface area contributed by atoms with Gasteiger partial charge in [0.1, 0.15) is 5.75 Å². The summed E-state index contributed by atoms with van der Waals surface area (Å²) in [7, 11) is 1.55. The number of carbonyl (C=O) groups is 1. The van der Waals surface area contributed by atoms with Gasteiger partial charge in [-0.25, -0.2) is 0 Å². The predicted octanol–water partition coefficient (Wildman–Crippen LogP) is 2.41. The van der Waals surface area contributed by atoms with E-state index in [9.17, 15) is 4.79 Å². The second-order valence-electron chi connectivity index (χ2n) is 3.16. The van der Waals surface area contributed by atoms with E-state index in [1.165, 1.54) is 0 Å². The van der Waals surface area contributed by atoms with Crippen LogP contribution in [0.1, 0.15) is 22.8 Å². The molecular formula is C11H14ClNO2. The van der Waals surface area contributed by atoms with E-state index >= 15 is 0 Å². The van der Waals surface area contributed by atoms with Gasteiger partial charge in [-0.2, -0.15) is 0 Å². The van der Waals surface area contributed by atoms with Crippen LogP contribution in [0.2, 0.25) is 5.02 Å². The zero-order chi connectivity index (χ0) is 11.4. The molecule has 0 atom stereocenters. The first-order valence-corrected chi connectivity index (χ1v) is 5.10. The topological polar surface area (TPSA) is 38.3 Å². The summed E-state index contributed by atoms with van der Waals surface area (Å²) in [5.41, 5.74) is 1.44. The molecule has 1 aromatic rings. The zero-order valence-corrected chi connectivity index (χ0v) is 9.81. The highest BCUT2D eigenvalue weighted by atomic mass is 35.5. The summed E-state index contributed by atoms with van der Waals surface area (Å²) in [6.07, 6.45) is 0. The molecule has 0 aromatic heterocycles. The first kappa shape index (κ1) is 11.9. The van der Waals surface area contributed by atoms with Gasteiger partial charge in [0.25, 0.3) is 5.91 Å². The summed E-state index contributed by atoms with van der Waals surface area (Å²) < 4.78 is 5.06. The lowest BCUT2D eigenvalue weighted by Crippen LogP contribution is -2.23. The van der Waals surface area contributed by atoms with Gasteiger partial charge in [-0.05, 0) is 31.5 Å². The monoisotopic (exact) mass is 227 g/mol. The summed E-state index contributed by atoms with van der Waals surface area (Å²) in [5, 5.41) is 3.18. The number of benzene rings is 1. The molecule has 0 radical (unpaired) electrons. The van der Waals surface area contributed by atoms with Crippen molar-refractivity contribution >= 4 is 17.5 Å². The highest BCUT2D eigenvalue weighted by Crippen LogP contribution is 2.27. The van der Waals surface area contributed by atoms with Gasteiger partial charge >= 0.3 is 0 Å². The van der Waals surface area contributed by atoms with E-state index in [4.69, 9.17) is 16.3 Å². The second-order valence-corrected chi connectivity index (χ2v) is 3.57. The predicted molar refractivity (Wildman–Crippen MR) is 60.7 cm³/mol. The molecule has 3 nitrogen and oxygen atoms in total. The number of halogens is 1. The van der Waals surface area contributed by atoms with Gasteiger partial charge in [0.05, 0.1) is 12.1 Å². The third-order valence-corrected chi connectivity index (χ3v) is 2.38. The van der Waals surface area contributed by atoms with Crippen LogP contribution in [0.15, 0.2) is 12.1 Å². The van der Waals surface area contributed by atoms with Crippen LogP contribution in [-0.4, -0.2) is 19.6 Å². The maximum absolute atomic E-state index is 11.6. The van der Waals surface area contributed by atoms with Crippen LogP contribution >= 0.6 is 11.6 Å². The molecular weight excluding hydrogens is 214 g/mol. The first-order valence-electron chi connectivity index (χ1n) is 4.72. The average molecular weight is 228 g/mol. The zero-order valence-electron chi connectivity index (χ0n) is 9.06. The summed E-state index contributed by atoms with van der Waals surface area (Å²) in [6, 6.07) is 3.38.